The summed E-state index contributed by atoms with van der Waals surface area (Å²) in [6.45, 7) is 5.34. The molecule has 0 aliphatic carbocycles. The molecule has 2 N–H and O–H groups in total. The minimum Gasteiger partial charge on any atom is -0.480 e. The van der Waals surface area contributed by atoms with E-state index in [1.807, 2.05) is 6.92 Å². The first-order valence-electron chi connectivity index (χ1n) is 6.59. The van der Waals surface area contributed by atoms with Gasteiger partial charge in [0.2, 0.25) is 5.91 Å². The van der Waals surface area contributed by atoms with Crippen LogP contribution in [0.15, 0.2) is 24.3 Å². The molecule has 5 heteroatoms. The summed E-state index contributed by atoms with van der Waals surface area (Å²) in [6.07, 6.45) is 1.09. The van der Waals surface area contributed by atoms with Crippen molar-refractivity contribution >= 4 is 23.5 Å². The van der Waals surface area contributed by atoms with Crippen LogP contribution in [0.2, 0.25) is 5.02 Å². The maximum atomic E-state index is 12.4. The van der Waals surface area contributed by atoms with Gasteiger partial charge in [0.05, 0.1) is 5.41 Å². The number of hydrogen-bond acceptors (Lipinski definition) is 2. The average molecular weight is 298 g/mol. The highest BCUT2D eigenvalue weighted by Crippen LogP contribution is 2.30. The summed E-state index contributed by atoms with van der Waals surface area (Å²) < 4.78 is 0. The van der Waals surface area contributed by atoms with E-state index >= 15 is 0 Å². The molecule has 0 aliphatic heterocycles. The lowest BCUT2D eigenvalue weighted by atomic mass is 9.83. The quantitative estimate of drug-likeness (QED) is 0.848. The monoisotopic (exact) mass is 297 g/mol. The van der Waals surface area contributed by atoms with Gasteiger partial charge in [-0.05, 0) is 31.9 Å². The van der Waals surface area contributed by atoms with Gasteiger partial charge in [0.1, 0.15) is 6.04 Å². The Balaban J connectivity index is 2.95. The summed E-state index contributed by atoms with van der Waals surface area (Å²) >= 11 is 6.12. The van der Waals surface area contributed by atoms with Crippen molar-refractivity contribution in [3.8, 4) is 0 Å². The smallest absolute Gasteiger partial charge is 0.326 e. The van der Waals surface area contributed by atoms with Gasteiger partial charge in [-0.1, -0.05) is 43.1 Å². The Morgan fingerprint density at radius 2 is 1.95 bits per heavy atom. The van der Waals surface area contributed by atoms with Crippen molar-refractivity contribution in [3.63, 3.8) is 0 Å². The molecule has 1 amide bonds. The first-order valence-corrected chi connectivity index (χ1v) is 6.97. The minimum absolute atomic E-state index is 0.341. The number of halogens is 1. The molecule has 0 aliphatic rings. The molecule has 1 aromatic carbocycles. The standard InChI is InChI=1S/C15H20ClNO3/c1-4-7-12(13(18)19)17-14(20)15(2,3)10-8-5-6-9-11(10)16/h5-6,8-9,12H,4,7H2,1-3H3,(H,17,20)(H,18,19). The molecule has 0 spiro atoms. The SMILES string of the molecule is CCCC(NC(=O)C(C)(C)c1ccccc1Cl)C(=O)O. The molecule has 110 valence electrons. The zero-order valence-electron chi connectivity index (χ0n) is 11.9. The average Bonchev–Trinajstić information content (AvgIpc) is 2.38. The van der Waals surface area contributed by atoms with Gasteiger partial charge in [-0.3, -0.25) is 4.79 Å². The van der Waals surface area contributed by atoms with E-state index in [9.17, 15) is 9.59 Å². The summed E-state index contributed by atoms with van der Waals surface area (Å²) in [5.74, 6) is -1.36. The molecule has 0 saturated carbocycles. The van der Waals surface area contributed by atoms with Crippen LogP contribution in [0.1, 0.15) is 39.2 Å². The maximum absolute atomic E-state index is 12.4. The molecule has 1 aromatic rings. The second-order valence-corrected chi connectivity index (χ2v) is 5.67. The number of nitrogens with one attached hydrogen (secondary N) is 1. The summed E-state index contributed by atoms with van der Waals surface area (Å²) in [4.78, 5) is 23.5. The van der Waals surface area contributed by atoms with Crippen LogP contribution in [0.25, 0.3) is 0 Å². The predicted octanol–water partition coefficient (Wildman–Crippen LogP) is 2.99. The lowest BCUT2D eigenvalue weighted by Gasteiger charge is -2.27. The zero-order chi connectivity index (χ0) is 15.3. The van der Waals surface area contributed by atoms with Crippen LogP contribution in [0.3, 0.4) is 0 Å². The van der Waals surface area contributed by atoms with Crippen LogP contribution in [0.4, 0.5) is 0 Å². The third-order valence-corrected chi connectivity index (χ3v) is 3.63. The fourth-order valence-corrected chi connectivity index (χ4v) is 2.35. The van der Waals surface area contributed by atoms with Gasteiger partial charge >= 0.3 is 5.97 Å². The third kappa shape index (κ3) is 3.73. The molecule has 1 rings (SSSR count). The van der Waals surface area contributed by atoms with Crippen molar-refractivity contribution < 1.29 is 14.7 Å². The molecule has 0 bridgehead atoms. The van der Waals surface area contributed by atoms with E-state index in [-0.39, 0.29) is 5.91 Å². The predicted molar refractivity (Wildman–Crippen MR) is 79.0 cm³/mol. The summed E-state index contributed by atoms with van der Waals surface area (Å²) in [6, 6.07) is 6.21. The number of carbonyl (C=O) groups excluding carboxylic acids is 1. The first-order chi connectivity index (χ1) is 9.30. The molecule has 1 unspecified atom stereocenters. The van der Waals surface area contributed by atoms with Crippen molar-refractivity contribution in [2.24, 2.45) is 0 Å². The van der Waals surface area contributed by atoms with Crippen molar-refractivity contribution in [1.82, 2.24) is 5.32 Å². The van der Waals surface area contributed by atoms with Crippen LogP contribution in [0, 0.1) is 0 Å². The number of rotatable bonds is 6. The minimum atomic E-state index is -1.02. The van der Waals surface area contributed by atoms with Gasteiger partial charge in [0, 0.05) is 5.02 Å². The molecular formula is C15H20ClNO3. The number of carbonyl (C=O) groups is 2. The maximum Gasteiger partial charge on any atom is 0.326 e. The summed E-state index contributed by atoms with van der Waals surface area (Å²) in [5.41, 5.74) is -0.209. The topological polar surface area (TPSA) is 66.4 Å². The van der Waals surface area contributed by atoms with Crippen LogP contribution in [-0.4, -0.2) is 23.0 Å². The lowest BCUT2D eigenvalue weighted by Crippen LogP contribution is -2.48. The Labute approximate surface area is 124 Å². The van der Waals surface area contributed by atoms with Crippen molar-refractivity contribution in [1.29, 1.82) is 0 Å². The number of amides is 1. The van der Waals surface area contributed by atoms with Gasteiger partial charge in [-0.15, -0.1) is 0 Å². The van der Waals surface area contributed by atoms with Crippen molar-refractivity contribution in [2.75, 3.05) is 0 Å². The zero-order valence-corrected chi connectivity index (χ0v) is 12.7. The van der Waals surface area contributed by atoms with Crippen molar-refractivity contribution in [3.05, 3.63) is 34.9 Å². The number of hydrogen-bond donors (Lipinski definition) is 2. The highest BCUT2D eigenvalue weighted by Gasteiger charge is 2.34. The number of aliphatic carboxylic acids is 1. The Hall–Kier alpha value is -1.55. The molecule has 0 radical (unpaired) electrons. The third-order valence-electron chi connectivity index (χ3n) is 3.30. The molecular weight excluding hydrogens is 278 g/mol. The Morgan fingerprint density at radius 1 is 1.35 bits per heavy atom. The Kier molecular flexibility index (Phi) is 5.57. The fourth-order valence-electron chi connectivity index (χ4n) is 1.98. The van der Waals surface area contributed by atoms with Gasteiger partial charge < -0.3 is 10.4 Å². The van der Waals surface area contributed by atoms with E-state index in [2.05, 4.69) is 5.32 Å². The number of carboxylic acid groups (broad SMARTS) is 1. The van der Waals surface area contributed by atoms with Crippen LogP contribution >= 0.6 is 11.6 Å². The van der Waals surface area contributed by atoms with Crippen LogP contribution in [-0.2, 0) is 15.0 Å². The lowest BCUT2D eigenvalue weighted by molar-refractivity contribution is -0.142. The second kappa shape index (κ2) is 6.75. The van der Waals surface area contributed by atoms with E-state index in [0.29, 0.717) is 23.4 Å². The number of benzene rings is 1. The summed E-state index contributed by atoms with van der Waals surface area (Å²) in [7, 11) is 0. The van der Waals surface area contributed by atoms with E-state index in [1.54, 1.807) is 38.1 Å². The normalized spacial score (nSPS) is 12.8. The van der Waals surface area contributed by atoms with Crippen molar-refractivity contribution in [2.45, 2.75) is 45.1 Å². The highest BCUT2D eigenvalue weighted by atomic mass is 35.5. The molecule has 0 saturated heterocycles. The molecule has 4 nitrogen and oxygen atoms in total. The Morgan fingerprint density at radius 3 is 2.45 bits per heavy atom. The van der Waals surface area contributed by atoms with Gasteiger partial charge in [0.25, 0.3) is 0 Å². The van der Waals surface area contributed by atoms with Crippen LogP contribution in [0.5, 0.6) is 0 Å². The summed E-state index contributed by atoms with van der Waals surface area (Å²) in [5, 5.41) is 12.2. The molecule has 20 heavy (non-hydrogen) atoms. The largest absolute Gasteiger partial charge is 0.480 e. The van der Waals surface area contributed by atoms with E-state index in [0.717, 1.165) is 0 Å². The van der Waals surface area contributed by atoms with Gasteiger partial charge in [-0.2, -0.15) is 0 Å². The number of carboxylic acids is 1. The van der Waals surface area contributed by atoms with E-state index in [4.69, 9.17) is 16.7 Å². The van der Waals surface area contributed by atoms with E-state index < -0.39 is 17.4 Å². The Bertz CT molecular complexity index is 500. The van der Waals surface area contributed by atoms with Gasteiger partial charge in [-0.25, -0.2) is 4.79 Å². The second-order valence-electron chi connectivity index (χ2n) is 5.26. The van der Waals surface area contributed by atoms with Crippen LogP contribution < -0.4 is 5.32 Å². The highest BCUT2D eigenvalue weighted by molar-refractivity contribution is 6.31. The van der Waals surface area contributed by atoms with Gasteiger partial charge in [0.15, 0.2) is 0 Å². The molecule has 1 atom stereocenters. The molecule has 0 fully saturated rings. The molecule has 0 aromatic heterocycles. The van der Waals surface area contributed by atoms with E-state index in [1.165, 1.54) is 0 Å². The fraction of sp³-hybridized carbons (Fsp3) is 0.467. The first kappa shape index (κ1) is 16.5. The molecule has 0 heterocycles.